The maximum atomic E-state index is 11.0. The van der Waals surface area contributed by atoms with Gasteiger partial charge >= 0.3 is 6.09 Å². The first-order valence-corrected chi connectivity index (χ1v) is 7.49. The van der Waals surface area contributed by atoms with Crippen molar-refractivity contribution >= 4 is 17.7 Å². The standard InChI is InChI=1S/C15H21ClN2O3/c1-10(2)6-17-8-12-13(16)4-3-5-14(12)20-9-11-7-18-15(19)21-11/h3-5,10-11,17H,6-9H2,1-2H3,(H,18,19). The lowest BCUT2D eigenvalue weighted by atomic mass is 10.1. The van der Waals surface area contributed by atoms with E-state index in [1.165, 1.54) is 0 Å². The molecule has 2 rings (SSSR count). The van der Waals surface area contributed by atoms with Gasteiger partial charge in [0, 0.05) is 17.1 Å². The molecule has 21 heavy (non-hydrogen) atoms. The molecule has 116 valence electrons. The fourth-order valence-corrected chi connectivity index (χ4v) is 2.27. The Balaban J connectivity index is 1.94. The Hall–Kier alpha value is -1.46. The van der Waals surface area contributed by atoms with E-state index in [9.17, 15) is 4.79 Å². The van der Waals surface area contributed by atoms with Crippen LogP contribution in [-0.4, -0.2) is 31.9 Å². The molecule has 1 fully saturated rings. The number of carbonyl (C=O) groups excluding carboxylic acids is 1. The molecule has 1 unspecified atom stereocenters. The van der Waals surface area contributed by atoms with Gasteiger partial charge in [0.15, 0.2) is 6.10 Å². The summed E-state index contributed by atoms with van der Waals surface area (Å²) in [6.07, 6.45) is -0.651. The van der Waals surface area contributed by atoms with Crippen molar-refractivity contribution in [3.8, 4) is 5.75 Å². The monoisotopic (exact) mass is 312 g/mol. The van der Waals surface area contributed by atoms with Gasteiger partial charge in [0.05, 0.1) is 6.54 Å². The van der Waals surface area contributed by atoms with Crippen LogP contribution in [0.3, 0.4) is 0 Å². The third-order valence-electron chi connectivity index (χ3n) is 3.10. The lowest BCUT2D eigenvalue weighted by Crippen LogP contribution is -2.23. The molecule has 0 saturated carbocycles. The van der Waals surface area contributed by atoms with E-state index in [2.05, 4.69) is 24.5 Å². The molecule has 1 aromatic carbocycles. The van der Waals surface area contributed by atoms with Crippen molar-refractivity contribution in [3.63, 3.8) is 0 Å². The van der Waals surface area contributed by atoms with Crippen molar-refractivity contribution in [1.29, 1.82) is 0 Å². The van der Waals surface area contributed by atoms with E-state index in [0.29, 0.717) is 30.6 Å². The summed E-state index contributed by atoms with van der Waals surface area (Å²) in [6.45, 7) is 6.65. The number of nitrogens with one attached hydrogen (secondary N) is 2. The van der Waals surface area contributed by atoms with Crippen LogP contribution in [0.5, 0.6) is 5.75 Å². The second-order valence-electron chi connectivity index (χ2n) is 5.46. The number of halogens is 1. The zero-order chi connectivity index (χ0) is 15.2. The van der Waals surface area contributed by atoms with Crippen molar-refractivity contribution in [3.05, 3.63) is 28.8 Å². The maximum absolute atomic E-state index is 11.0. The number of benzene rings is 1. The molecular weight excluding hydrogens is 292 g/mol. The number of carbonyl (C=O) groups is 1. The smallest absolute Gasteiger partial charge is 0.407 e. The summed E-state index contributed by atoms with van der Waals surface area (Å²) in [4.78, 5) is 11.0. The molecule has 1 aliphatic rings. The minimum atomic E-state index is -0.395. The van der Waals surface area contributed by atoms with Crippen LogP contribution in [0.25, 0.3) is 0 Å². The van der Waals surface area contributed by atoms with Gasteiger partial charge in [-0.1, -0.05) is 31.5 Å². The van der Waals surface area contributed by atoms with Gasteiger partial charge in [0.1, 0.15) is 12.4 Å². The quantitative estimate of drug-likeness (QED) is 0.812. The minimum Gasteiger partial charge on any atom is -0.489 e. The van der Waals surface area contributed by atoms with Gasteiger partial charge in [-0.15, -0.1) is 0 Å². The summed E-state index contributed by atoms with van der Waals surface area (Å²) in [5.74, 6) is 1.29. The van der Waals surface area contributed by atoms with Crippen LogP contribution in [0.2, 0.25) is 5.02 Å². The normalized spacial score (nSPS) is 17.7. The summed E-state index contributed by atoms with van der Waals surface area (Å²) in [6, 6.07) is 5.57. The number of cyclic esters (lactones) is 1. The molecule has 0 bridgehead atoms. The number of rotatable bonds is 7. The van der Waals surface area contributed by atoms with E-state index in [4.69, 9.17) is 21.1 Å². The van der Waals surface area contributed by atoms with Crippen molar-refractivity contribution < 1.29 is 14.3 Å². The third-order valence-corrected chi connectivity index (χ3v) is 3.46. The van der Waals surface area contributed by atoms with Crippen LogP contribution in [0.1, 0.15) is 19.4 Å². The lowest BCUT2D eigenvalue weighted by Gasteiger charge is -2.16. The Morgan fingerprint density at radius 3 is 3.00 bits per heavy atom. The Morgan fingerprint density at radius 2 is 2.33 bits per heavy atom. The number of amides is 1. The first-order chi connectivity index (χ1) is 10.1. The van der Waals surface area contributed by atoms with Crippen LogP contribution in [0, 0.1) is 5.92 Å². The van der Waals surface area contributed by atoms with E-state index in [1.807, 2.05) is 18.2 Å². The number of hydrogen-bond donors (Lipinski definition) is 2. The van der Waals surface area contributed by atoms with Crippen LogP contribution in [0.15, 0.2) is 18.2 Å². The molecule has 1 aliphatic heterocycles. The van der Waals surface area contributed by atoms with Crippen molar-refractivity contribution in [2.24, 2.45) is 5.92 Å². The summed E-state index contributed by atoms with van der Waals surface area (Å²) in [5.41, 5.74) is 0.928. The summed E-state index contributed by atoms with van der Waals surface area (Å²) >= 11 is 6.25. The average Bonchev–Trinajstić information content (AvgIpc) is 2.84. The molecule has 1 aromatic rings. The zero-order valence-corrected chi connectivity index (χ0v) is 13.1. The van der Waals surface area contributed by atoms with Gasteiger partial charge < -0.3 is 20.1 Å². The first-order valence-electron chi connectivity index (χ1n) is 7.11. The highest BCUT2D eigenvalue weighted by molar-refractivity contribution is 6.31. The van der Waals surface area contributed by atoms with Crippen LogP contribution in [-0.2, 0) is 11.3 Å². The highest BCUT2D eigenvalue weighted by atomic mass is 35.5. The van der Waals surface area contributed by atoms with Gasteiger partial charge in [-0.3, -0.25) is 0 Å². The van der Waals surface area contributed by atoms with E-state index in [-0.39, 0.29) is 6.10 Å². The fraction of sp³-hybridized carbons (Fsp3) is 0.533. The molecule has 1 saturated heterocycles. The maximum Gasteiger partial charge on any atom is 0.407 e. The topological polar surface area (TPSA) is 59.6 Å². The van der Waals surface area contributed by atoms with E-state index in [1.54, 1.807) is 0 Å². The van der Waals surface area contributed by atoms with Gasteiger partial charge in [-0.05, 0) is 24.6 Å². The molecular formula is C15H21ClN2O3. The molecule has 6 heteroatoms. The zero-order valence-electron chi connectivity index (χ0n) is 12.3. The Morgan fingerprint density at radius 1 is 1.52 bits per heavy atom. The molecule has 0 radical (unpaired) electrons. The van der Waals surface area contributed by atoms with Gasteiger partial charge in [-0.2, -0.15) is 0 Å². The van der Waals surface area contributed by atoms with E-state index >= 15 is 0 Å². The number of alkyl carbamates (subject to hydrolysis) is 1. The fourth-order valence-electron chi connectivity index (χ4n) is 2.04. The molecule has 2 N–H and O–H groups in total. The number of hydrogen-bond acceptors (Lipinski definition) is 4. The molecule has 0 aromatic heterocycles. The second kappa shape index (κ2) is 7.52. The summed E-state index contributed by atoms with van der Waals surface area (Å²) in [7, 11) is 0. The molecule has 0 aliphatic carbocycles. The molecule has 1 amide bonds. The number of ether oxygens (including phenoxy) is 2. The summed E-state index contributed by atoms with van der Waals surface area (Å²) in [5, 5.41) is 6.63. The highest BCUT2D eigenvalue weighted by Crippen LogP contribution is 2.26. The average molecular weight is 313 g/mol. The molecule has 5 nitrogen and oxygen atoms in total. The van der Waals surface area contributed by atoms with E-state index in [0.717, 1.165) is 17.9 Å². The van der Waals surface area contributed by atoms with Crippen molar-refractivity contribution in [2.45, 2.75) is 26.5 Å². The van der Waals surface area contributed by atoms with E-state index < -0.39 is 6.09 Å². The molecule has 1 heterocycles. The van der Waals surface area contributed by atoms with Gasteiger partial charge in [0.25, 0.3) is 0 Å². The SMILES string of the molecule is CC(C)CNCc1c(Cl)cccc1OCC1CNC(=O)O1. The van der Waals surface area contributed by atoms with Crippen LogP contribution in [0.4, 0.5) is 4.79 Å². The van der Waals surface area contributed by atoms with Crippen LogP contribution < -0.4 is 15.4 Å². The minimum absolute atomic E-state index is 0.257. The second-order valence-corrected chi connectivity index (χ2v) is 5.87. The van der Waals surface area contributed by atoms with Crippen molar-refractivity contribution in [2.75, 3.05) is 19.7 Å². The largest absolute Gasteiger partial charge is 0.489 e. The third kappa shape index (κ3) is 4.79. The molecule has 1 atom stereocenters. The van der Waals surface area contributed by atoms with Crippen LogP contribution >= 0.6 is 11.6 Å². The Labute approximate surface area is 130 Å². The summed E-state index contributed by atoms with van der Waals surface area (Å²) < 4.78 is 10.8. The first kappa shape index (κ1) is 15.9. The predicted octanol–water partition coefficient (Wildman–Crippen LogP) is 2.57. The lowest BCUT2D eigenvalue weighted by molar-refractivity contribution is 0.104. The van der Waals surface area contributed by atoms with Gasteiger partial charge in [-0.25, -0.2) is 4.79 Å². The Kier molecular flexibility index (Phi) is 5.70. The predicted molar refractivity (Wildman–Crippen MR) is 81.8 cm³/mol. The van der Waals surface area contributed by atoms with Crippen molar-refractivity contribution in [1.82, 2.24) is 10.6 Å². The Bertz CT molecular complexity index is 494. The highest BCUT2D eigenvalue weighted by Gasteiger charge is 2.23. The molecule has 0 spiro atoms. The van der Waals surface area contributed by atoms with Gasteiger partial charge in [0.2, 0.25) is 0 Å².